The Morgan fingerprint density at radius 3 is 2.33 bits per heavy atom. The van der Waals surface area contributed by atoms with E-state index >= 15 is 0 Å². The van der Waals surface area contributed by atoms with Crippen LogP contribution in [0.4, 0.5) is 5.69 Å². The minimum Gasteiger partial charge on any atom is -0.338 e. The molecule has 1 aromatic heterocycles. The van der Waals surface area contributed by atoms with E-state index in [-0.39, 0.29) is 10.8 Å². The van der Waals surface area contributed by atoms with Gasteiger partial charge in [0.2, 0.25) is 0 Å². The molecule has 0 aliphatic carbocycles. The number of rotatable bonds is 4. The number of halogens is 1. The largest absolute Gasteiger partial charge is 0.338 e. The van der Waals surface area contributed by atoms with Gasteiger partial charge in [-0.3, -0.25) is 9.10 Å². The zero-order chi connectivity index (χ0) is 21.3. The van der Waals surface area contributed by atoms with Crippen molar-refractivity contribution in [2.75, 3.05) is 24.4 Å². The lowest BCUT2D eigenvalue weighted by Gasteiger charge is -2.19. The van der Waals surface area contributed by atoms with E-state index in [9.17, 15) is 13.2 Å². The summed E-state index contributed by atoms with van der Waals surface area (Å²) in [6.45, 7) is 1.62. The van der Waals surface area contributed by atoms with Crippen molar-refractivity contribution < 1.29 is 13.2 Å². The molecule has 0 N–H and O–H groups in total. The highest BCUT2D eigenvalue weighted by Crippen LogP contribution is 2.32. The maximum Gasteiger partial charge on any atom is 0.264 e. The van der Waals surface area contributed by atoms with Crippen LogP contribution in [0.15, 0.2) is 57.9 Å². The molecule has 0 saturated carbocycles. The second kappa shape index (κ2) is 8.69. The fraction of sp³-hybridized carbons (Fsp3) is 0.318. The molecule has 0 atom stereocenters. The zero-order valence-electron chi connectivity index (χ0n) is 16.7. The number of amides is 1. The minimum atomic E-state index is -3.67. The summed E-state index contributed by atoms with van der Waals surface area (Å²) < 4.78 is 29.1. The van der Waals surface area contributed by atoms with Gasteiger partial charge in [0.1, 0.15) is 0 Å². The standard InChI is InChI=1S/C22H23BrN2O3S2/c1-24(30(27,28)19-9-6-17(23)7-10-19)18-8-11-20-16(14-18)15-21(29-20)22(26)25-12-4-2-3-5-13-25/h6-11,14-15H,2-5,12-13H2,1H3. The van der Waals surface area contributed by atoms with Crippen molar-refractivity contribution in [3.05, 3.63) is 57.9 Å². The molecule has 0 unspecified atom stereocenters. The molecular formula is C22H23BrN2O3S2. The Labute approximate surface area is 189 Å². The van der Waals surface area contributed by atoms with Gasteiger partial charge in [0, 0.05) is 29.3 Å². The number of likely N-dealkylation sites (tertiary alicyclic amines) is 1. The smallest absolute Gasteiger partial charge is 0.264 e. The van der Waals surface area contributed by atoms with Crippen LogP contribution in [0.25, 0.3) is 10.1 Å². The third-order valence-electron chi connectivity index (χ3n) is 5.44. The maximum atomic E-state index is 13.0. The Morgan fingerprint density at radius 2 is 1.67 bits per heavy atom. The lowest BCUT2D eigenvalue weighted by Crippen LogP contribution is -2.31. The summed E-state index contributed by atoms with van der Waals surface area (Å²) in [5.74, 6) is 0.0792. The molecule has 158 valence electrons. The van der Waals surface area contributed by atoms with E-state index in [0.717, 1.165) is 40.5 Å². The van der Waals surface area contributed by atoms with Crippen LogP contribution < -0.4 is 4.31 Å². The molecule has 0 radical (unpaired) electrons. The Bertz CT molecular complexity index is 1160. The molecule has 30 heavy (non-hydrogen) atoms. The molecule has 1 fully saturated rings. The number of hydrogen-bond donors (Lipinski definition) is 0. The Kier molecular flexibility index (Phi) is 6.18. The van der Waals surface area contributed by atoms with Gasteiger partial charge >= 0.3 is 0 Å². The molecule has 0 bridgehead atoms. The van der Waals surface area contributed by atoms with E-state index in [4.69, 9.17) is 0 Å². The number of benzene rings is 2. The normalized spacial score (nSPS) is 15.2. The summed E-state index contributed by atoms with van der Waals surface area (Å²) in [6, 6.07) is 14.0. The van der Waals surface area contributed by atoms with Crippen molar-refractivity contribution in [3.8, 4) is 0 Å². The van der Waals surface area contributed by atoms with E-state index in [1.807, 2.05) is 23.1 Å². The second-order valence-corrected chi connectivity index (χ2v) is 11.4. The van der Waals surface area contributed by atoms with Gasteiger partial charge in [-0.15, -0.1) is 11.3 Å². The van der Waals surface area contributed by atoms with Gasteiger partial charge < -0.3 is 4.90 Å². The topological polar surface area (TPSA) is 57.7 Å². The van der Waals surface area contributed by atoms with Crippen LogP contribution in [0.2, 0.25) is 0 Å². The average Bonchev–Trinajstić information content (AvgIpc) is 2.97. The fourth-order valence-electron chi connectivity index (χ4n) is 3.67. The highest BCUT2D eigenvalue weighted by molar-refractivity contribution is 9.10. The molecule has 8 heteroatoms. The van der Waals surface area contributed by atoms with Crippen LogP contribution >= 0.6 is 27.3 Å². The summed E-state index contributed by atoms with van der Waals surface area (Å²) in [6.07, 6.45) is 4.47. The number of anilines is 1. The van der Waals surface area contributed by atoms with Crippen LogP contribution in [0.1, 0.15) is 35.4 Å². The first kappa shape index (κ1) is 21.3. The van der Waals surface area contributed by atoms with Gasteiger partial charge in [0.15, 0.2) is 0 Å². The summed E-state index contributed by atoms with van der Waals surface area (Å²) in [5.41, 5.74) is 0.567. The summed E-state index contributed by atoms with van der Waals surface area (Å²) >= 11 is 4.80. The third kappa shape index (κ3) is 4.26. The minimum absolute atomic E-state index is 0.0792. The molecule has 1 aliphatic rings. The lowest BCUT2D eigenvalue weighted by molar-refractivity contribution is 0.0766. The Balaban J connectivity index is 1.61. The average molecular weight is 507 g/mol. The van der Waals surface area contributed by atoms with Crippen LogP contribution in [-0.4, -0.2) is 39.4 Å². The van der Waals surface area contributed by atoms with Crippen LogP contribution in [0.3, 0.4) is 0 Å². The number of nitrogens with zero attached hydrogens (tertiary/aromatic N) is 2. The molecule has 4 rings (SSSR count). The van der Waals surface area contributed by atoms with Crippen LogP contribution in [0, 0.1) is 0 Å². The molecule has 5 nitrogen and oxygen atoms in total. The van der Waals surface area contributed by atoms with Crippen LogP contribution in [0.5, 0.6) is 0 Å². The van der Waals surface area contributed by atoms with E-state index in [1.54, 1.807) is 37.4 Å². The van der Waals surface area contributed by atoms with E-state index in [2.05, 4.69) is 15.9 Å². The first-order valence-electron chi connectivity index (χ1n) is 9.94. The summed E-state index contributed by atoms with van der Waals surface area (Å²) in [7, 11) is -2.12. The van der Waals surface area contributed by atoms with Crippen molar-refractivity contribution >= 4 is 59.0 Å². The maximum absolute atomic E-state index is 13.0. The fourth-order valence-corrected chi connectivity index (χ4v) is 6.13. The molecule has 0 spiro atoms. The van der Waals surface area contributed by atoms with Gasteiger partial charge in [-0.2, -0.15) is 0 Å². The zero-order valence-corrected chi connectivity index (χ0v) is 19.9. The van der Waals surface area contributed by atoms with Gasteiger partial charge in [0.25, 0.3) is 15.9 Å². The van der Waals surface area contributed by atoms with Gasteiger partial charge in [-0.05, 0) is 66.8 Å². The number of hydrogen-bond acceptors (Lipinski definition) is 4. The van der Waals surface area contributed by atoms with Crippen molar-refractivity contribution in [1.82, 2.24) is 4.90 Å². The predicted molar refractivity (Wildman–Crippen MR) is 126 cm³/mol. The Morgan fingerprint density at radius 1 is 1.00 bits per heavy atom. The molecule has 2 heterocycles. The molecule has 1 amide bonds. The highest BCUT2D eigenvalue weighted by atomic mass is 79.9. The molecule has 2 aromatic carbocycles. The molecule has 3 aromatic rings. The number of carbonyl (C=O) groups excluding carboxylic acids is 1. The van der Waals surface area contributed by atoms with Crippen molar-refractivity contribution in [2.45, 2.75) is 30.6 Å². The number of carbonyl (C=O) groups is 1. The van der Waals surface area contributed by atoms with Crippen LogP contribution in [-0.2, 0) is 10.0 Å². The van der Waals surface area contributed by atoms with Gasteiger partial charge in [0.05, 0.1) is 15.5 Å². The van der Waals surface area contributed by atoms with Gasteiger partial charge in [-0.25, -0.2) is 8.42 Å². The molecule has 1 saturated heterocycles. The Hall–Kier alpha value is -1.90. The van der Waals surface area contributed by atoms with Crippen molar-refractivity contribution in [3.63, 3.8) is 0 Å². The molecular weight excluding hydrogens is 484 g/mol. The van der Waals surface area contributed by atoms with E-state index in [1.165, 1.54) is 28.5 Å². The molecule has 1 aliphatic heterocycles. The number of fused-ring (bicyclic) bond motifs is 1. The van der Waals surface area contributed by atoms with E-state index in [0.29, 0.717) is 10.6 Å². The first-order chi connectivity index (χ1) is 14.4. The number of thiophene rings is 1. The first-order valence-corrected chi connectivity index (χ1v) is 13.0. The quantitative estimate of drug-likeness (QED) is 0.468. The number of sulfonamides is 1. The summed E-state index contributed by atoms with van der Waals surface area (Å²) in [5, 5.41) is 0.883. The monoisotopic (exact) mass is 506 g/mol. The summed E-state index contributed by atoms with van der Waals surface area (Å²) in [4.78, 5) is 15.8. The SMILES string of the molecule is CN(c1ccc2sc(C(=O)N3CCCCCC3)cc2c1)S(=O)(=O)c1ccc(Br)cc1. The predicted octanol–water partition coefficient (Wildman–Crippen LogP) is 5.51. The second-order valence-electron chi connectivity index (χ2n) is 7.47. The van der Waals surface area contributed by atoms with Gasteiger partial charge in [-0.1, -0.05) is 28.8 Å². The lowest BCUT2D eigenvalue weighted by atomic mass is 10.2. The third-order valence-corrected chi connectivity index (χ3v) is 8.87. The van der Waals surface area contributed by atoms with Crippen molar-refractivity contribution in [1.29, 1.82) is 0 Å². The van der Waals surface area contributed by atoms with E-state index < -0.39 is 10.0 Å². The van der Waals surface area contributed by atoms with Crippen molar-refractivity contribution in [2.24, 2.45) is 0 Å². The highest BCUT2D eigenvalue weighted by Gasteiger charge is 2.23.